The fraction of sp³-hybridized carbons (Fsp3) is 0.400. The van der Waals surface area contributed by atoms with Crippen LogP contribution in [0.25, 0.3) is 0 Å². The molecule has 1 rings (SSSR count). The average molecular weight is 173 g/mol. The summed E-state index contributed by atoms with van der Waals surface area (Å²) in [6, 6.07) is 0. The summed E-state index contributed by atoms with van der Waals surface area (Å²) >= 11 is 1.11. The van der Waals surface area contributed by atoms with Crippen LogP contribution in [0.2, 0.25) is 0 Å². The zero-order chi connectivity index (χ0) is 8.27. The molecule has 6 heteroatoms. The topological polar surface area (TPSA) is 72.0 Å². The van der Waals surface area contributed by atoms with Crippen molar-refractivity contribution in [3.63, 3.8) is 0 Å². The molecule has 0 unspecified atom stereocenters. The number of ether oxygens (including phenoxy) is 1. The predicted molar refractivity (Wildman–Crippen MR) is 35.5 cm³/mol. The maximum absolute atomic E-state index is 9.80. The van der Waals surface area contributed by atoms with E-state index < -0.39 is 6.16 Å². The number of carbonyl (C=O) groups excluding carboxylic acids is 1. The Labute approximate surface area is 66.8 Å². The lowest BCUT2D eigenvalue weighted by molar-refractivity contribution is 0.0618. The third-order valence-corrected chi connectivity index (χ3v) is 1.66. The molecule has 0 aliphatic rings. The molecule has 0 saturated heterocycles. The predicted octanol–water partition coefficient (Wildman–Crippen LogP) is 0.914. The van der Waals surface area contributed by atoms with Crippen LogP contribution in [0.5, 0.6) is 0 Å². The van der Waals surface area contributed by atoms with Gasteiger partial charge in [-0.15, -0.1) is 0 Å². The Hall–Kier alpha value is -1.17. The highest BCUT2D eigenvalue weighted by Crippen LogP contribution is 2.04. The van der Waals surface area contributed by atoms with Gasteiger partial charge in [0.25, 0.3) is 0 Å². The van der Waals surface area contributed by atoms with Gasteiger partial charge in [0.15, 0.2) is 5.01 Å². The number of nitrogens with zero attached hydrogens (tertiary/aromatic N) is 2. The van der Waals surface area contributed by atoms with E-state index in [2.05, 4.69) is 14.1 Å². The molecular formula is C5H5N2O3S. The Kier molecular flexibility index (Phi) is 2.37. The molecule has 1 heterocycles. The Morgan fingerprint density at radius 2 is 2.45 bits per heavy atom. The molecule has 1 aromatic heterocycles. The summed E-state index contributed by atoms with van der Waals surface area (Å²) in [4.78, 5) is 13.7. The van der Waals surface area contributed by atoms with Gasteiger partial charge in [-0.25, -0.2) is 4.98 Å². The number of rotatable bonds is 2. The van der Waals surface area contributed by atoms with Gasteiger partial charge in [-0.3, -0.25) is 0 Å². The third-order valence-electron chi connectivity index (χ3n) is 0.883. The fourth-order valence-corrected chi connectivity index (χ4v) is 1.08. The monoisotopic (exact) mass is 173 g/mol. The van der Waals surface area contributed by atoms with E-state index in [1.807, 2.05) is 0 Å². The minimum atomic E-state index is -1.54. The molecule has 5 nitrogen and oxygen atoms in total. The largest absolute Gasteiger partial charge is 0.550 e. The summed E-state index contributed by atoms with van der Waals surface area (Å²) in [6.07, 6.45) is -1.54. The molecule has 0 amide bonds. The van der Waals surface area contributed by atoms with E-state index in [9.17, 15) is 9.90 Å². The van der Waals surface area contributed by atoms with Gasteiger partial charge < -0.3 is 4.74 Å². The Morgan fingerprint density at radius 3 is 2.91 bits per heavy atom. The summed E-state index contributed by atoms with van der Waals surface area (Å²) in [5.41, 5.74) is 0. The molecule has 59 valence electrons. The van der Waals surface area contributed by atoms with Gasteiger partial charge >= 0.3 is 6.16 Å². The number of aromatic nitrogens is 2. The van der Waals surface area contributed by atoms with Crippen LogP contribution in [-0.2, 0) is 16.5 Å². The lowest BCUT2D eigenvalue weighted by Crippen LogP contribution is -1.97. The van der Waals surface area contributed by atoms with Crippen molar-refractivity contribution in [1.82, 2.24) is 9.36 Å². The van der Waals surface area contributed by atoms with E-state index in [-0.39, 0.29) is 6.61 Å². The number of hydrogen-bond acceptors (Lipinski definition) is 5. The van der Waals surface area contributed by atoms with E-state index in [4.69, 9.17) is 0 Å². The van der Waals surface area contributed by atoms with Gasteiger partial charge in [0.1, 0.15) is 12.4 Å². The summed E-state index contributed by atoms with van der Waals surface area (Å²) in [5.74, 6) is 0.618. The minimum Gasteiger partial charge on any atom is -0.424 e. The normalized spacial score (nSPS) is 9.55. The molecule has 0 N–H and O–H groups in total. The Balaban J connectivity index is 2.45. The highest BCUT2D eigenvalue weighted by atomic mass is 32.1. The van der Waals surface area contributed by atoms with E-state index >= 15 is 0 Å². The van der Waals surface area contributed by atoms with Crippen molar-refractivity contribution in [3.05, 3.63) is 10.8 Å². The first-order valence-corrected chi connectivity index (χ1v) is 3.59. The van der Waals surface area contributed by atoms with Crippen molar-refractivity contribution in [2.24, 2.45) is 0 Å². The molecular weight excluding hydrogens is 168 g/mol. The lowest BCUT2D eigenvalue weighted by atomic mass is 10.7. The molecule has 11 heavy (non-hydrogen) atoms. The molecule has 1 aromatic rings. The smallest absolute Gasteiger partial charge is 0.424 e. The number of hydrogen-bond donors (Lipinski definition) is 0. The van der Waals surface area contributed by atoms with Crippen molar-refractivity contribution in [1.29, 1.82) is 0 Å². The first kappa shape index (κ1) is 7.93. The van der Waals surface area contributed by atoms with Crippen molar-refractivity contribution in [2.45, 2.75) is 13.5 Å². The summed E-state index contributed by atoms with van der Waals surface area (Å²) in [5, 5.41) is 10.3. The van der Waals surface area contributed by atoms with Crippen molar-refractivity contribution < 1.29 is 14.6 Å². The standard InChI is InChI=1S/C5H5N2O3S/c1-3-6-4(11-7-3)2-10-5(8)9/h2H2,1H3. The summed E-state index contributed by atoms with van der Waals surface area (Å²) in [6.45, 7) is 1.65. The summed E-state index contributed by atoms with van der Waals surface area (Å²) in [7, 11) is 0. The second kappa shape index (κ2) is 3.29. The lowest BCUT2D eigenvalue weighted by Gasteiger charge is -1.90. The van der Waals surface area contributed by atoms with E-state index in [1.54, 1.807) is 6.92 Å². The zero-order valence-corrected chi connectivity index (χ0v) is 6.55. The maximum Gasteiger partial charge on any atom is 0.550 e. The molecule has 0 fully saturated rings. The first-order chi connectivity index (χ1) is 5.18. The zero-order valence-electron chi connectivity index (χ0n) is 5.73. The maximum atomic E-state index is 9.80. The molecule has 1 radical (unpaired) electrons. The molecule has 0 aliphatic carbocycles. The highest BCUT2D eigenvalue weighted by Gasteiger charge is 2.04. The molecule has 0 aromatic carbocycles. The van der Waals surface area contributed by atoms with Crippen LogP contribution in [0, 0.1) is 6.92 Å². The molecule has 0 atom stereocenters. The Bertz CT molecular complexity index is 260. The van der Waals surface area contributed by atoms with Gasteiger partial charge in [0.2, 0.25) is 0 Å². The fourth-order valence-electron chi connectivity index (χ4n) is 0.519. The van der Waals surface area contributed by atoms with Crippen molar-refractivity contribution in [2.75, 3.05) is 0 Å². The summed E-state index contributed by atoms with van der Waals surface area (Å²) < 4.78 is 7.99. The molecule has 0 saturated carbocycles. The van der Waals surface area contributed by atoms with Gasteiger partial charge in [-0.1, -0.05) is 0 Å². The first-order valence-electron chi connectivity index (χ1n) is 2.81. The van der Waals surface area contributed by atoms with Crippen LogP contribution in [0.15, 0.2) is 0 Å². The van der Waals surface area contributed by atoms with Crippen molar-refractivity contribution in [3.8, 4) is 0 Å². The van der Waals surface area contributed by atoms with Crippen LogP contribution in [0.1, 0.15) is 10.8 Å². The average Bonchev–Trinajstić information content (AvgIpc) is 2.31. The van der Waals surface area contributed by atoms with Crippen LogP contribution in [0.4, 0.5) is 4.79 Å². The second-order valence-electron chi connectivity index (χ2n) is 1.77. The quantitative estimate of drug-likeness (QED) is 0.623. The molecule has 0 spiro atoms. The number of aryl methyl sites for hydroxylation is 1. The SMILES string of the molecule is Cc1nsc(COC([O])=O)n1. The van der Waals surface area contributed by atoms with Crippen LogP contribution in [-0.4, -0.2) is 15.5 Å². The van der Waals surface area contributed by atoms with Crippen LogP contribution >= 0.6 is 11.5 Å². The van der Waals surface area contributed by atoms with Crippen LogP contribution < -0.4 is 0 Å². The molecule has 0 bridgehead atoms. The van der Waals surface area contributed by atoms with Crippen LogP contribution in [0.3, 0.4) is 0 Å². The van der Waals surface area contributed by atoms with Gasteiger partial charge in [0, 0.05) is 0 Å². The number of carbonyl (C=O) groups is 1. The van der Waals surface area contributed by atoms with Gasteiger partial charge in [-0.2, -0.15) is 14.3 Å². The minimum absolute atomic E-state index is 0.0756. The highest BCUT2D eigenvalue weighted by molar-refractivity contribution is 7.05. The van der Waals surface area contributed by atoms with E-state index in [1.165, 1.54) is 0 Å². The van der Waals surface area contributed by atoms with Gasteiger partial charge in [0.05, 0.1) is 0 Å². The van der Waals surface area contributed by atoms with E-state index in [0.29, 0.717) is 10.8 Å². The van der Waals surface area contributed by atoms with Gasteiger partial charge in [-0.05, 0) is 18.5 Å². The van der Waals surface area contributed by atoms with Crippen molar-refractivity contribution >= 4 is 17.7 Å². The van der Waals surface area contributed by atoms with E-state index in [0.717, 1.165) is 11.5 Å². The second-order valence-corrected chi connectivity index (χ2v) is 2.61. The molecule has 0 aliphatic heterocycles. The Morgan fingerprint density at radius 1 is 1.73 bits per heavy atom. The third kappa shape index (κ3) is 2.50.